The maximum atomic E-state index is 11.9. The standard InChI is InChI=1S/C14H28N2O2S/c1-3-19-13-8-4-7-12(10-13)16-14(18)15-11(2)6-5-9-17/h11-13,17H,3-10H2,1-2H3,(H2,15,16,18). The third-order valence-electron chi connectivity index (χ3n) is 3.54. The summed E-state index contributed by atoms with van der Waals surface area (Å²) in [6.45, 7) is 4.36. The Balaban J connectivity index is 2.23. The van der Waals surface area contributed by atoms with Crippen LogP contribution in [0.25, 0.3) is 0 Å². The molecule has 19 heavy (non-hydrogen) atoms. The maximum Gasteiger partial charge on any atom is 0.315 e. The van der Waals surface area contributed by atoms with Crippen LogP contribution in [0.3, 0.4) is 0 Å². The molecule has 0 aromatic carbocycles. The van der Waals surface area contributed by atoms with E-state index in [1.54, 1.807) is 0 Å². The van der Waals surface area contributed by atoms with Crippen molar-refractivity contribution in [2.24, 2.45) is 0 Å². The first-order valence-corrected chi connectivity index (χ1v) is 8.50. The zero-order valence-corrected chi connectivity index (χ0v) is 13.0. The minimum absolute atomic E-state index is 0.0578. The fourth-order valence-corrected chi connectivity index (χ4v) is 3.76. The van der Waals surface area contributed by atoms with Crippen LogP contribution in [-0.4, -0.2) is 40.8 Å². The van der Waals surface area contributed by atoms with Crippen LogP contribution >= 0.6 is 11.8 Å². The Morgan fingerprint density at radius 3 is 2.95 bits per heavy atom. The molecule has 0 aromatic heterocycles. The van der Waals surface area contributed by atoms with Gasteiger partial charge in [0.15, 0.2) is 0 Å². The van der Waals surface area contributed by atoms with Crippen molar-refractivity contribution >= 4 is 17.8 Å². The molecule has 1 aliphatic carbocycles. The summed E-state index contributed by atoms with van der Waals surface area (Å²) >= 11 is 2.01. The fourth-order valence-electron chi connectivity index (χ4n) is 2.58. The molecule has 0 aliphatic heterocycles. The number of rotatable bonds is 7. The van der Waals surface area contributed by atoms with Crippen LogP contribution in [0.2, 0.25) is 0 Å². The quantitative estimate of drug-likeness (QED) is 0.674. The van der Waals surface area contributed by atoms with Gasteiger partial charge in [0.1, 0.15) is 0 Å². The van der Waals surface area contributed by atoms with Crippen LogP contribution in [0.1, 0.15) is 52.4 Å². The topological polar surface area (TPSA) is 61.4 Å². The molecule has 0 aromatic rings. The molecule has 0 saturated heterocycles. The second kappa shape index (κ2) is 9.48. The van der Waals surface area contributed by atoms with Crippen molar-refractivity contribution in [3.05, 3.63) is 0 Å². The summed E-state index contributed by atoms with van der Waals surface area (Å²) in [4.78, 5) is 11.9. The van der Waals surface area contributed by atoms with E-state index in [0.717, 1.165) is 31.4 Å². The van der Waals surface area contributed by atoms with Gasteiger partial charge in [-0.2, -0.15) is 11.8 Å². The van der Waals surface area contributed by atoms with Gasteiger partial charge in [-0.05, 0) is 44.8 Å². The van der Waals surface area contributed by atoms with E-state index in [-0.39, 0.29) is 18.7 Å². The van der Waals surface area contributed by atoms with E-state index < -0.39 is 0 Å². The van der Waals surface area contributed by atoms with Crippen LogP contribution in [0.15, 0.2) is 0 Å². The lowest BCUT2D eigenvalue weighted by molar-refractivity contribution is 0.227. The lowest BCUT2D eigenvalue weighted by atomic mass is 9.95. The first kappa shape index (κ1) is 16.6. The number of aliphatic hydroxyl groups excluding tert-OH is 1. The molecule has 2 amide bonds. The average molecular weight is 288 g/mol. The molecule has 1 saturated carbocycles. The number of thioether (sulfide) groups is 1. The Morgan fingerprint density at radius 2 is 2.26 bits per heavy atom. The minimum Gasteiger partial charge on any atom is -0.396 e. The molecule has 0 heterocycles. The predicted molar refractivity (Wildman–Crippen MR) is 81.6 cm³/mol. The number of carbonyl (C=O) groups excluding carboxylic acids is 1. The Bertz CT molecular complexity index is 262. The van der Waals surface area contributed by atoms with Crippen LogP contribution in [-0.2, 0) is 0 Å². The van der Waals surface area contributed by atoms with Gasteiger partial charge in [0.25, 0.3) is 0 Å². The Hall–Kier alpha value is -0.420. The zero-order valence-electron chi connectivity index (χ0n) is 12.2. The molecule has 1 fully saturated rings. The van der Waals surface area contributed by atoms with Crippen LogP contribution in [0, 0.1) is 0 Å². The summed E-state index contributed by atoms with van der Waals surface area (Å²) in [5.74, 6) is 1.15. The van der Waals surface area contributed by atoms with Crippen molar-refractivity contribution in [3.63, 3.8) is 0 Å². The summed E-state index contributed by atoms with van der Waals surface area (Å²) in [6.07, 6.45) is 6.24. The first-order valence-electron chi connectivity index (χ1n) is 7.45. The van der Waals surface area contributed by atoms with Crippen molar-refractivity contribution in [1.29, 1.82) is 0 Å². The zero-order chi connectivity index (χ0) is 14.1. The van der Waals surface area contributed by atoms with Gasteiger partial charge in [0.05, 0.1) is 0 Å². The normalized spacial score (nSPS) is 24.8. The van der Waals surface area contributed by atoms with Crippen molar-refractivity contribution < 1.29 is 9.90 Å². The molecule has 3 unspecified atom stereocenters. The van der Waals surface area contributed by atoms with E-state index in [1.165, 1.54) is 12.8 Å². The largest absolute Gasteiger partial charge is 0.396 e. The summed E-state index contributed by atoms with van der Waals surface area (Å²) < 4.78 is 0. The third kappa shape index (κ3) is 7.06. The van der Waals surface area contributed by atoms with Crippen molar-refractivity contribution in [2.75, 3.05) is 12.4 Å². The number of nitrogens with one attached hydrogen (secondary N) is 2. The van der Waals surface area contributed by atoms with Crippen LogP contribution in [0.5, 0.6) is 0 Å². The Labute approximate surface area is 121 Å². The predicted octanol–water partition coefficient (Wildman–Crippen LogP) is 2.51. The summed E-state index contributed by atoms with van der Waals surface area (Å²) in [6, 6.07) is 0.386. The van der Waals surface area contributed by atoms with E-state index in [4.69, 9.17) is 5.11 Å². The van der Waals surface area contributed by atoms with Gasteiger partial charge in [0.2, 0.25) is 0 Å². The lowest BCUT2D eigenvalue weighted by Gasteiger charge is -2.29. The number of amides is 2. The molecule has 0 bridgehead atoms. The maximum absolute atomic E-state index is 11.9. The van der Waals surface area contributed by atoms with E-state index >= 15 is 0 Å². The molecule has 1 aliphatic rings. The average Bonchev–Trinajstić information content (AvgIpc) is 2.37. The van der Waals surface area contributed by atoms with Crippen LogP contribution in [0.4, 0.5) is 4.79 Å². The highest BCUT2D eigenvalue weighted by Crippen LogP contribution is 2.28. The smallest absolute Gasteiger partial charge is 0.315 e. The van der Waals surface area contributed by atoms with E-state index in [0.29, 0.717) is 11.3 Å². The molecule has 112 valence electrons. The number of carbonyl (C=O) groups is 1. The van der Waals surface area contributed by atoms with E-state index in [9.17, 15) is 4.79 Å². The number of hydrogen-bond donors (Lipinski definition) is 3. The van der Waals surface area contributed by atoms with E-state index in [1.807, 2.05) is 18.7 Å². The molecule has 0 radical (unpaired) electrons. The van der Waals surface area contributed by atoms with Crippen LogP contribution < -0.4 is 10.6 Å². The van der Waals surface area contributed by atoms with Gasteiger partial charge in [0, 0.05) is 23.9 Å². The molecule has 3 N–H and O–H groups in total. The highest BCUT2D eigenvalue weighted by Gasteiger charge is 2.23. The highest BCUT2D eigenvalue weighted by atomic mass is 32.2. The molecule has 3 atom stereocenters. The summed E-state index contributed by atoms with van der Waals surface area (Å²) in [5, 5.41) is 15.5. The monoisotopic (exact) mass is 288 g/mol. The number of urea groups is 1. The van der Waals surface area contributed by atoms with Crippen molar-refractivity contribution in [3.8, 4) is 0 Å². The molecular formula is C14H28N2O2S. The van der Waals surface area contributed by atoms with Gasteiger partial charge in [-0.1, -0.05) is 13.3 Å². The van der Waals surface area contributed by atoms with Gasteiger partial charge >= 0.3 is 6.03 Å². The molecular weight excluding hydrogens is 260 g/mol. The Morgan fingerprint density at radius 1 is 1.47 bits per heavy atom. The Kier molecular flexibility index (Phi) is 8.30. The van der Waals surface area contributed by atoms with Gasteiger partial charge in [-0.3, -0.25) is 0 Å². The molecule has 5 heteroatoms. The van der Waals surface area contributed by atoms with E-state index in [2.05, 4.69) is 17.6 Å². The number of aliphatic hydroxyl groups is 1. The second-order valence-corrected chi connectivity index (χ2v) is 6.90. The minimum atomic E-state index is -0.0578. The third-order valence-corrected chi connectivity index (χ3v) is 4.77. The van der Waals surface area contributed by atoms with Crippen molar-refractivity contribution in [1.82, 2.24) is 10.6 Å². The highest BCUT2D eigenvalue weighted by molar-refractivity contribution is 7.99. The molecule has 4 nitrogen and oxygen atoms in total. The lowest BCUT2D eigenvalue weighted by Crippen LogP contribution is -2.47. The first-order chi connectivity index (χ1) is 9.15. The molecule has 0 spiro atoms. The molecule has 1 rings (SSSR count). The second-order valence-electron chi connectivity index (χ2n) is 5.33. The summed E-state index contributed by atoms with van der Waals surface area (Å²) in [5.41, 5.74) is 0. The fraction of sp³-hybridized carbons (Fsp3) is 0.929. The van der Waals surface area contributed by atoms with Crippen molar-refractivity contribution in [2.45, 2.75) is 69.7 Å². The van der Waals surface area contributed by atoms with Gasteiger partial charge in [-0.15, -0.1) is 0 Å². The van der Waals surface area contributed by atoms with Gasteiger partial charge < -0.3 is 15.7 Å². The SMILES string of the molecule is CCSC1CCCC(NC(=O)NC(C)CCCO)C1. The summed E-state index contributed by atoms with van der Waals surface area (Å²) in [7, 11) is 0. The number of hydrogen-bond acceptors (Lipinski definition) is 3. The van der Waals surface area contributed by atoms with Gasteiger partial charge in [-0.25, -0.2) is 4.79 Å².